The normalized spacial score (nSPS) is 14.3. The first-order valence-electron chi connectivity index (χ1n) is 4.68. The third kappa shape index (κ3) is 2.71. The van der Waals surface area contributed by atoms with Crippen molar-refractivity contribution in [3.63, 3.8) is 0 Å². The van der Waals surface area contributed by atoms with E-state index in [2.05, 4.69) is 4.74 Å². The second kappa shape index (κ2) is 5.27. The van der Waals surface area contributed by atoms with Crippen LogP contribution >= 0.6 is 11.6 Å². The minimum atomic E-state index is -1.06. The molecule has 2 unspecified atom stereocenters. The van der Waals surface area contributed by atoms with Crippen molar-refractivity contribution in [3.8, 4) is 0 Å². The second-order valence-corrected chi connectivity index (χ2v) is 3.84. The average molecular weight is 247 g/mol. The van der Waals surface area contributed by atoms with Gasteiger partial charge in [-0.1, -0.05) is 17.7 Å². The van der Waals surface area contributed by atoms with E-state index in [0.29, 0.717) is 5.56 Å². The molecule has 0 aromatic heterocycles. The zero-order valence-corrected chi connectivity index (χ0v) is 9.66. The van der Waals surface area contributed by atoms with E-state index < -0.39 is 23.8 Å². The van der Waals surface area contributed by atoms with Crippen LogP contribution in [0.3, 0.4) is 0 Å². The number of hydrogen-bond donors (Lipinski definition) is 1. The lowest BCUT2D eigenvalue weighted by molar-refractivity contribution is -0.148. The largest absolute Gasteiger partial charge is 0.469 e. The molecule has 1 rings (SSSR count). The fraction of sp³-hybridized carbons (Fsp3) is 0.364. The number of benzene rings is 1. The molecular weight excluding hydrogens is 235 g/mol. The smallest absolute Gasteiger partial charge is 0.311 e. The molecule has 0 aliphatic rings. The zero-order valence-electron chi connectivity index (χ0n) is 8.91. The van der Waals surface area contributed by atoms with Crippen molar-refractivity contribution in [3.05, 3.63) is 34.6 Å². The molecule has 5 heteroatoms. The van der Waals surface area contributed by atoms with Crippen molar-refractivity contribution in [2.24, 2.45) is 5.92 Å². The minimum Gasteiger partial charge on any atom is -0.469 e. The van der Waals surface area contributed by atoms with E-state index in [-0.39, 0.29) is 5.02 Å². The van der Waals surface area contributed by atoms with E-state index in [1.54, 1.807) is 0 Å². The van der Waals surface area contributed by atoms with Crippen molar-refractivity contribution in [2.45, 2.75) is 13.0 Å². The molecule has 1 N–H and O–H groups in total. The van der Waals surface area contributed by atoms with E-state index in [1.165, 1.54) is 26.2 Å². The lowest BCUT2D eigenvalue weighted by atomic mass is 9.97. The number of ether oxygens (including phenoxy) is 1. The Labute approximate surface area is 97.8 Å². The molecule has 0 amide bonds. The van der Waals surface area contributed by atoms with Gasteiger partial charge in [0, 0.05) is 0 Å². The summed E-state index contributed by atoms with van der Waals surface area (Å²) in [4.78, 5) is 11.2. The number of aliphatic hydroxyl groups is 1. The van der Waals surface area contributed by atoms with Crippen molar-refractivity contribution in [1.29, 1.82) is 0 Å². The van der Waals surface area contributed by atoms with E-state index in [0.717, 1.165) is 6.07 Å². The zero-order chi connectivity index (χ0) is 12.3. The van der Waals surface area contributed by atoms with Crippen LogP contribution in [-0.2, 0) is 9.53 Å². The van der Waals surface area contributed by atoms with Gasteiger partial charge >= 0.3 is 5.97 Å². The van der Waals surface area contributed by atoms with Gasteiger partial charge in [0.05, 0.1) is 24.2 Å². The minimum absolute atomic E-state index is 0.0892. The summed E-state index contributed by atoms with van der Waals surface area (Å²) < 4.78 is 17.4. The van der Waals surface area contributed by atoms with E-state index >= 15 is 0 Å². The fourth-order valence-corrected chi connectivity index (χ4v) is 1.49. The van der Waals surface area contributed by atoms with Gasteiger partial charge in [-0.05, 0) is 24.6 Å². The summed E-state index contributed by atoms with van der Waals surface area (Å²) in [5.74, 6) is -1.83. The Kier molecular flexibility index (Phi) is 4.26. The predicted molar refractivity (Wildman–Crippen MR) is 57.5 cm³/mol. The average Bonchev–Trinajstić information content (AvgIpc) is 2.29. The van der Waals surface area contributed by atoms with Crippen molar-refractivity contribution in [1.82, 2.24) is 0 Å². The topological polar surface area (TPSA) is 46.5 Å². The number of aliphatic hydroxyl groups excluding tert-OH is 1. The van der Waals surface area contributed by atoms with Crippen LogP contribution in [0.4, 0.5) is 4.39 Å². The van der Waals surface area contributed by atoms with Crippen LogP contribution in [0.1, 0.15) is 18.6 Å². The molecule has 88 valence electrons. The van der Waals surface area contributed by atoms with Crippen molar-refractivity contribution >= 4 is 17.6 Å². The van der Waals surface area contributed by atoms with Crippen molar-refractivity contribution in [2.75, 3.05) is 7.11 Å². The van der Waals surface area contributed by atoms with Crippen LogP contribution in [0, 0.1) is 11.7 Å². The summed E-state index contributed by atoms with van der Waals surface area (Å²) in [6.45, 7) is 1.52. The Balaban J connectivity index is 2.91. The second-order valence-electron chi connectivity index (χ2n) is 3.43. The van der Waals surface area contributed by atoms with Crippen LogP contribution in [0.2, 0.25) is 5.02 Å². The highest BCUT2D eigenvalue weighted by Crippen LogP contribution is 2.26. The Bertz CT molecular complexity index is 395. The molecule has 0 radical (unpaired) electrons. The first-order valence-corrected chi connectivity index (χ1v) is 5.06. The maximum Gasteiger partial charge on any atom is 0.311 e. The van der Waals surface area contributed by atoms with Gasteiger partial charge in [-0.15, -0.1) is 0 Å². The van der Waals surface area contributed by atoms with Gasteiger partial charge in [0.25, 0.3) is 0 Å². The number of rotatable bonds is 3. The highest BCUT2D eigenvalue weighted by atomic mass is 35.5. The maximum atomic E-state index is 12.9. The number of esters is 1. The fourth-order valence-electron chi connectivity index (χ4n) is 1.30. The Hall–Kier alpha value is -1.13. The summed E-state index contributed by atoms with van der Waals surface area (Å²) in [5.41, 5.74) is 0.379. The third-order valence-electron chi connectivity index (χ3n) is 2.33. The lowest BCUT2D eigenvalue weighted by Crippen LogP contribution is -2.20. The molecule has 0 saturated heterocycles. The Morgan fingerprint density at radius 3 is 2.69 bits per heavy atom. The summed E-state index contributed by atoms with van der Waals surface area (Å²) in [5, 5.41) is 9.73. The van der Waals surface area contributed by atoms with E-state index in [4.69, 9.17) is 11.6 Å². The standard InChI is InChI=1S/C11H12ClFO3/c1-6(11(15)16-2)10(14)7-3-4-9(13)8(12)5-7/h3-6,10,14H,1-2H3. The molecule has 2 atom stereocenters. The molecule has 16 heavy (non-hydrogen) atoms. The van der Waals surface area contributed by atoms with Crippen LogP contribution < -0.4 is 0 Å². The van der Waals surface area contributed by atoms with Crippen LogP contribution in [0.5, 0.6) is 0 Å². The van der Waals surface area contributed by atoms with Gasteiger partial charge in [-0.3, -0.25) is 4.79 Å². The van der Waals surface area contributed by atoms with E-state index in [9.17, 15) is 14.3 Å². The maximum absolute atomic E-state index is 12.9. The Morgan fingerprint density at radius 1 is 1.56 bits per heavy atom. The summed E-state index contributed by atoms with van der Waals surface area (Å²) in [7, 11) is 1.24. The molecule has 3 nitrogen and oxygen atoms in total. The number of halogens is 2. The highest BCUT2D eigenvalue weighted by Gasteiger charge is 2.24. The van der Waals surface area contributed by atoms with Gasteiger partial charge in [-0.2, -0.15) is 0 Å². The molecule has 0 heterocycles. The SMILES string of the molecule is COC(=O)C(C)C(O)c1ccc(F)c(Cl)c1. The molecule has 0 aliphatic carbocycles. The van der Waals surface area contributed by atoms with Gasteiger partial charge in [-0.25, -0.2) is 4.39 Å². The summed E-state index contributed by atoms with van der Waals surface area (Å²) >= 11 is 5.57. The molecule has 0 aliphatic heterocycles. The number of carbonyl (C=O) groups excluding carboxylic acids is 1. The highest BCUT2D eigenvalue weighted by molar-refractivity contribution is 6.30. The molecule has 0 fully saturated rings. The van der Waals surface area contributed by atoms with Gasteiger partial charge in [0.1, 0.15) is 5.82 Å². The third-order valence-corrected chi connectivity index (χ3v) is 2.62. The molecule has 1 aromatic carbocycles. The molecule has 0 saturated carbocycles. The molecule has 0 bridgehead atoms. The van der Waals surface area contributed by atoms with Crippen LogP contribution in [-0.4, -0.2) is 18.2 Å². The quantitative estimate of drug-likeness (QED) is 0.833. The predicted octanol–water partition coefficient (Wildman–Crippen LogP) is 2.32. The van der Waals surface area contributed by atoms with E-state index in [1.807, 2.05) is 0 Å². The van der Waals surface area contributed by atoms with Gasteiger partial charge < -0.3 is 9.84 Å². The monoisotopic (exact) mass is 246 g/mol. The van der Waals surface area contributed by atoms with Crippen LogP contribution in [0.25, 0.3) is 0 Å². The van der Waals surface area contributed by atoms with Gasteiger partial charge in [0.15, 0.2) is 0 Å². The first kappa shape index (κ1) is 12.9. The van der Waals surface area contributed by atoms with Gasteiger partial charge in [0.2, 0.25) is 0 Å². The summed E-state index contributed by atoms with van der Waals surface area (Å²) in [6.07, 6.45) is -1.06. The van der Waals surface area contributed by atoms with Crippen LogP contribution in [0.15, 0.2) is 18.2 Å². The number of methoxy groups -OCH3 is 1. The lowest BCUT2D eigenvalue weighted by Gasteiger charge is -2.17. The molecule has 1 aromatic rings. The van der Waals surface area contributed by atoms with Crippen molar-refractivity contribution < 1.29 is 19.0 Å². The molecule has 0 spiro atoms. The molecular formula is C11H12ClFO3. The summed E-state index contributed by atoms with van der Waals surface area (Å²) in [6, 6.07) is 3.82. The first-order chi connectivity index (χ1) is 7.47. The Morgan fingerprint density at radius 2 is 2.19 bits per heavy atom. The number of hydrogen-bond acceptors (Lipinski definition) is 3. The number of carbonyl (C=O) groups is 1.